The van der Waals surface area contributed by atoms with E-state index in [0.717, 1.165) is 52.8 Å². The minimum absolute atomic E-state index is 0.112. The number of fused-ring (bicyclic) bond motifs is 2. The third kappa shape index (κ3) is 8.53. The molecule has 1 heterocycles. The average molecular weight is 701 g/mol. The van der Waals surface area contributed by atoms with Crippen molar-refractivity contribution in [3.63, 3.8) is 0 Å². The van der Waals surface area contributed by atoms with E-state index in [1.807, 2.05) is 86.6 Å². The van der Waals surface area contributed by atoms with Crippen molar-refractivity contribution in [2.75, 3.05) is 12.4 Å². The molecule has 6 rings (SSSR count). The molecule has 0 aromatic heterocycles. The lowest BCUT2D eigenvalue weighted by atomic mass is 9.87. The monoisotopic (exact) mass is 700 g/mol. The van der Waals surface area contributed by atoms with Crippen molar-refractivity contribution >= 4 is 29.4 Å². The minimum atomic E-state index is -0.857. The number of aryl methyl sites for hydroxylation is 1. The number of anilines is 1. The highest BCUT2D eigenvalue weighted by atomic mass is 16.5. The van der Waals surface area contributed by atoms with Gasteiger partial charge in [0.15, 0.2) is 0 Å². The van der Waals surface area contributed by atoms with E-state index >= 15 is 0 Å². The Morgan fingerprint density at radius 3 is 2.23 bits per heavy atom. The highest BCUT2D eigenvalue weighted by Crippen LogP contribution is 2.31. The quantitative estimate of drug-likeness (QED) is 0.149. The molecule has 4 aromatic rings. The Bertz CT molecular complexity index is 1890. The van der Waals surface area contributed by atoms with Crippen LogP contribution in [0, 0.1) is 5.92 Å². The van der Waals surface area contributed by atoms with E-state index < -0.39 is 12.1 Å². The number of hydrogen-bond donors (Lipinski definition) is 3. The molecule has 3 amide bonds. The number of carbonyl (C=O) groups is 4. The van der Waals surface area contributed by atoms with Crippen LogP contribution in [0.2, 0.25) is 0 Å². The van der Waals surface area contributed by atoms with E-state index in [0.29, 0.717) is 24.9 Å². The Balaban J connectivity index is 1.20. The van der Waals surface area contributed by atoms with Gasteiger partial charge in [-0.05, 0) is 83.3 Å². The van der Waals surface area contributed by atoms with Gasteiger partial charge in [0.25, 0.3) is 0 Å². The average Bonchev–Trinajstić information content (AvgIpc) is 3.19. The molecule has 4 atom stereocenters. The molecule has 9 heteroatoms. The van der Waals surface area contributed by atoms with Crippen molar-refractivity contribution in [2.45, 2.75) is 83.6 Å². The second-order valence-electron chi connectivity index (χ2n) is 13.9. The molecular formula is C43H48N4O5. The third-order valence-corrected chi connectivity index (χ3v) is 10.5. The smallest absolute Gasteiger partial charge is 0.337 e. The number of rotatable bonds is 12. The van der Waals surface area contributed by atoms with Crippen LogP contribution in [-0.4, -0.2) is 47.8 Å². The standard InChI is InChI=1S/C43H48N4O5/c1-4-28(2)40(48)46-38(24-29-18-22-35(23-19-29)44-26-30-16-20-32(21-17-30)43(51)52-3)42(50)47-27-34-12-6-5-11-33(34)25-39(47)41(49)45-37-15-9-13-31-10-7-8-14-36(31)37/h5-8,10-12,14,16-23,28,37-39,44H,4,9,13,15,24-27H2,1-3H3,(H,45,49)(H,46,48)/t28-,37-,38+,39?/m1/s1. The normalized spacial score (nSPS) is 17.5. The van der Waals surface area contributed by atoms with Crippen molar-refractivity contribution < 1.29 is 23.9 Å². The van der Waals surface area contributed by atoms with E-state index in [1.54, 1.807) is 17.0 Å². The largest absolute Gasteiger partial charge is 0.465 e. The summed E-state index contributed by atoms with van der Waals surface area (Å²) in [4.78, 5) is 55.6. The SMILES string of the molecule is CC[C@@H](C)C(=O)N[C@@H](Cc1ccc(NCc2ccc(C(=O)OC)cc2)cc1)C(=O)N1Cc2ccccc2CC1C(=O)N[C@@H]1CCCc2ccccc21. The molecule has 4 aromatic carbocycles. The van der Waals surface area contributed by atoms with Crippen LogP contribution in [0.15, 0.2) is 97.1 Å². The number of methoxy groups -OCH3 is 1. The van der Waals surface area contributed by atoms with Crippen molar-refractivity contribution in [3.8, 4) is 0 Å². The van der Waals surface area contributed by atoms with E-state index in [2.05, 4.69) is 28.1 Å². The Labute approximate surface area is 306 Å². The van der Waals surface area contributed by atoms with Crippen molar-refractivity contribution in [1.29, 1.82) is 0 Å². The molecule has 1 aliphatic heterocycles. The molecular weight excluding hydrogens is 652 g/mol. The molecule has 3 N–H and O–H groups in total. The number of nitrogens with zero attached hydrogens (tertiary/aromatic N) is 1. The van der Waals surface area contributed by atoms with Gasteiger partial charge in [-0.1, -0.05) is 86.6 Å². The maximum Gasteiger partial charge on any atom is 0.337 e. The summed E-state index contributed by atoms with van der Waals surface area (Å²) in [6.45, 7) is 4.65. The molecule has 1 aliphatic carbocycles. The highest BCUT2D eigenvalue weighted by molar-refractivity contribution is 5.93. The first-order valence-corrected chi connectivity index (χ1v) is 18.3. The Morgan fingerprint density at radius 1 is 0.846 bits per heavy atom. The maximum absolute atomic E-state index is 14.7. The number of nitrogens with one attached hydrogen (secondary N) is 3. The first-order valence-electron chi connectivity index (χ1n) is 18.3. The molecule has 270 valence electrons. The van der Waals surface area contributed by atoms with Crippen molar-refractivity contribution in [1.82, 2.24) is 15.5 Å². The molecule has 0 bridgehead atoms. The topological polar surface area (TPSA) is 117 Å². The van der Waals surface area contributed by atoms with Gasteiger partial charge in [0, 0.05) is 37.5 Å². The van der Waals surface area contributed by atoms with E-state index in [-0.39, 0.29) is 48.6 Å². The van der Waals surface area contributed by atoms with Gasteiger partial charge in [-0.25, -0.2) is 4.79 Å². The summed E-state index contributed by atoms with van der Waals surface area (Å²) in [5.74, 6) is -1.27. The summed E-state index contributed by atoms with van der Waals surface area (Å²) in [6.07, 6.45) is 4.15. The van der Waals surface area contributed by atoms with E-state index in [1.165, 1.54) is 12.7 Å². The van der Waals surface area contributed by atoms with Gasteiger partial charge in [0.2, 0.25) is 17.7 Å². The minimum Gasteiger partial charge on any atom is -0.465 e. The fourth-order valence-corrected chi connectivity index (χ4v) is 7.14. The molecule has 0 saturated heterocycles. The van der Waals surface area contributed by atoms with Gasteiger partial charge in [-0.15, -0.1) is 0 Å². The van der Waals surface area contributed by atoms with Gasteiger partial charge >= 0.3 is 5.97 Å². The summed E-state index contributed by atoms with van der Waals surface area (Å²) in [6, 6.07) is 29.6. The molecule has 9 nitrogen and oxygen atoms in total. The lowest BCUT2D eigenvalue weighted by Gasteiger charge is -2.39. The number of ether oxygens (including phenoxy) is 1. The van der Waals surface area contributed by atoms with Crippen LogP contribution in [0.1, 0.15) is 82.9 Å². The van der Waals surface area contributed by atoms with E-state index in [4.69, 9.17) is 4.74 Å². The molecule has 0 spiro atoms. The Kier molecular flexibility index (Phi) is 11.7. The highest BCUT2D eigenvalue weighted by Gasteiger charge is 2.39. The molecule has 0 fully saturated rings. The lowest BCUT2D eigenvalue weighted by molar-refractivity contribution is -0.145. The van der Waals surface area contributed by atoms with Gasteiger partial charge in [0.05, 0.1) is 18.7 Å². The Morgan fingerprint density at radius 2 is 1.52 bits per heavy atom. The molecule has 0 saturated carbocycles. The van der Waals surface area contributed by atoms with Gasteiger partial charge in [-0.2, -0.15) is 0 Å². The molecule has 2 aliphatic rings. The first-order chi connectivity index (χ1) is 25.2. The fraction of sp³-hybridized carbons (Fsp3) is 0.349. The number of hydrogen-bond acceptors (Lipinski definition) is 6. The predicted octanol–water partition coefficient (Wildman–Crippen LogP) is 6.31. The molecule has 52 heavy (non-hydrogen) atoms. The van der Waals surface area contributed by atoms with Gasteiger partial charge in [-0.3, -0.25) is 14.4 Å². The summed E-state index contributed by atoms with van der Waals surface area (Å²) < 4.78 is 4.78. The zero-order chi connectivity index (χ0) is 36.6. The number of esters is 1. The summed E-state index contributed by atoms with van der Waals surface area (Å²) in [5, 5.41) is 9.76. The number of carbonyl (C=O) groups excluding carboxylic acids is 4. The second kappa shape index (κ2) is 16.7. The van der Waals surface area contributed by atoms with Crippen molar-refractivity contribution in [3.05, 3.63) is 136 Å². The molecule has 0 radical (unpaired) electrons. The van der Waals surface area contributed by atoms with Crippen LogP contribution in [0.3, 0.4) is 0 Å². The van der Waals surface area contributed by atoms with Gasteiger partial charge < -0.3 is 25.6 Å². The van der Waals surface area contributed by atoms with Crippen molar-refractivity contribution in [2.24, 2.45) is 5.92 Å². The first kappa shape index (κ1) is 36.4. The number of amides is 3. The van der Waals surface area contributed by atoms with Gasteiger partial charge in [0.1, 0.15) is 12.1 Å². The Hall–Kier alpha value is -5.44. The van der Waals surface area contributed by atoms with Crippen LogP contribution in [0.4, 0.5) is 5.69 Å². The van der Waals surface area contributed by atoms with Crippen LogP contribution < -0.4 is 16.0 Å². The number of benzene rings is 4. The second-order valence-corrected chi connectivity index (χ2v) is 13.9. The zero-order valence-corrected chi connectivity index (χ0v) is 30.2. The summed E-state index contributed by atoms with van der Waals surface area (Å²) in [5.41, 5.74) is 7.73. The predicted molar refractivity (Wildman–Crippen MR) is 201 cm³/mol. The zero-order valence-electron chi connectivity index (χ0n) is 30.2. The van der Waals surface area contributed by atoms with Crippen LogP contribution in [0.5, 0.6) is 0 Å². The summed E-state index contributed by atoms with van der Waals surface area (Å²) in [7, 11) is 1.36. The third-order valence-electron chi connectivity index (χ3n) is 10.5. The van der Waals surface area contributed by atoms with E-state index in [9.17, 15) is 19.2 Å². The lowest BCUT2D eigenvalue weighted by Crippen LogP contribution is -2.58. The van der Waals surface area contributed by atoms with Crippen LogP contribution in [-0.2, 0) is 51.5 Å². The maximum atomic E-state index is 14.7. The van der Waals surface area contributed by atoms with Crippen LogP contribution >= 0.6 is 0 Å². The van der Waals surface area contributed by atoms with Crippen LogP contribution in [0.25, 0.3) is 0 Å². The molecule has 1 unspecified atom stereocenters. The summed E-state index contributed by atoms with van der Waals surface area (Å²) >= 11 is 0. The fourth-order valence-electron chi connectivity index (χ4n) is 7.14.